The van der Waals surface area contributed by atoms with Gasteiger partial charge in [-0.2, -0.15) is 0 Å². The van der Waals surface area contributed by atoms with E-state index in [0.29, 0.717) is 6.04 Å². The Morgan fingerprint density at radius 2 is 1.92 bits per heavy atom. The van der Waals surface area contributed by atoms with Gasteiger partial charge in [-0.1, -0.05) is 0 Å². The number of nitrogens with zero attached hydrogens (tertiary/aromatic N) is 1. The molecule has 0 aliphatic carbocycles. The Bertz CT molecular complexity index is 242. The van der Waals surface area contributed by atoms with Crippen molar-refractivity contribution in [3.8, 4) is 0 Å². The zero-order chi connectivity index (χ0) is 9.35. The van der Waals surface area contributed by atoms with E-state index >= 15 is 0 Å². The molecule has 0 saturated carbocycles. The molecule has 1 fully saturated rings. The largest absolute Gasteiger partial charge is 0.298 e. The zero-order valence-electron chi connectivity index (χ0n) is 7.74. The molecule has 0 aromatic heterocycles. The fourth-order valence-corrected chi connectivity index (χ4v) is 2.07. The van der Waals surface area contributed by atoms with Gasteiger partial charge in [0.2, 0.25) is 10.0 Å². The van der Waals surface area contributed by atoms with E-state index in [1.54, 1.807) is 0 Å². The highest BCUT2D eigenvalue weighted by molar-refractivity contribution is 7.88. The van der Waals surface area contributed by atoms with Crippen LogP contribution in [0.4, 0.5) is 0 Å². The number of rotatable bonds is 3. The molecule has 0 unspecified atom stereocenters. The van der Waals surface area contributed by atoms with Crippen molar-refractivity contribution < 1.29 is 8.42 Å². The van der Waals surface area contributed by atoms with Gasteiger partial charge in [0.15, 0.2) is 0 Å². The average molecular weight is 192 g/mol. The fourth-order valence-electron chi connectivity index (χ4n) is 1.31. The van der Waals surface area contributed by atoms with Crippen LogP contribution in [0.3, 0.4) is 0 Å². The van der Waals surface area contributed by atoms with Gasteiger partial charge in [-0.3, -0.25) is 4.90 Å². The summed E-state index contributed by atoms with van der Waals surface area (Å²) in [7, 11) is -3.01. The van der Waals surface area contributed by atoms with Crippen molar-refractivity contribution in [3.05, 3.63) is 0 Å². The first kappa shape index (κ1) is 9.95. The van der Waals surface area contributed by atoms with Crippen molar-refractivity contribution in [1.29, 1.82) is 0 Å². The van der Waals surface area contributed by atoms with Crippen LogP contribution in [0.15, 0.2) is 0 Å². The number of nitrogens with one attached hydrogen (secondary N) is 1. The first-order valence-corrected chi connectivity index (χ1v) is 5.99. The highest BCUT2D eigenvalue weighted by Gasteiger charge is 2.29. The minimum atomic E-state index is -3.01. The Labute approximate surface area is 74.0 Å². The van der Waals surface area contributed by atoms with E-state index in [0.717, 1.165) is 13.1 Å². The topological polar surface area (TPSA) is 49.4 Å². The van der Waals surface area contributed by atoms with Gasteiger partial charge >= 0.3 is 0 Å². The third-order valence-corrected chi connectivity index (χ3v) is 2.78. The van der Waals surface area contributed by atoms with Gasteiger partial charge in [0.1, 0.15) is 0 Å². The van der Waals surface area contributed by atoms with Crippen molar-refractivity contribution in [3.63, 3.8) is 0 Å². The SMILES string of the molecule is CC(C)N1CC(NS(C)(=O)=O)C1. The van der Waals surface area contributed by atoms with E-state index < -0.39 is 10.0 Å². The molecule has 0 atom stereocenters. The number of hydrogen-bond donors (Lipinski definition) is 1. The molecule has 1 saturated heterocycles. The molecular weight excluding hydrogens is 176 g/mol. The highest BCUT2D eigenvalue weighted by Crippen LogP contribution is 2.11. The van der Waals surface area contributed by atoms with Gasteiger partial charge in [0.05, 0.1) is 6.26 Å². The Morgan fingerprint density at radius 1 is 1.42 bits per heavy atom. The summed E-state index contributed by atoms with van der Waals surface area (Å²) in [5.74, 6) is 0. The van der Waals surface area contributed by atoms with Crippen LogP contribution in [-0.2, 0) is 10.0 Å². The fraction of sp³-hybridized carbons (Fsp3) is 1.00. The lowest BCUT2D eigenvalue weighted by Crippen LogP contribution is -2.60. The highest BCUT2D eigenvalue weighted by atomic mass is 32.2. The molecule has 72 valence electrons. The van der Waals surface area contributed by atoms with Crippen LogP contribution < -0.4 is 4.72 Å². The van der Waals surface area contributed by atoms with Gasteiger partial charge in [-0.05, 0) is 13.8 Å². The van der Waals surface area contributed by atoms with Gasteiger partial charge in [0, 0.05) is 25.2 Å². The van der Waals surface area contributed by atoms with Crippen LogP contribution in [0.25, 0.3) is 0 Å². The maximum absolute atomic E-state index is 10.8. The minimum Gasteiger partial charge on any atom is -0.298 e. The lowest BCUT2D eigenvalue weighted by Gasteiger charge is -2.41. The van der Waals surface area contributed by atoms with E-state index in [2.05, 4.69) is 23.5 Å². The van der Waals surface area contributed by atoms with Crippen LogP contribution in [0.5, 0.6) is 0 Å². The summed E-state index contributed by atoms with van der Waals surface area (Å²) in [6, 6.07) is 0.644. The van der Waals surface area contributed by atoms with Crippen LogP contribution in [0.1, 0.15) is 13.8 Å². The van der Waals surface area contributed by atoms with E-state index in [-0.39, 0.29) is 6.04 Å². The van der Waals surface area contributed by atoms with Crippen LogP contribution in [-0.4, -0.2) is 44.7 Å². The molecule has 0 amide bonds. The van der Waals surface area contributed by atoms with Crippen molar-refractivity contribution in [2.24, 2.45) is 0 Å². The molecular formula is C7H16N2O2S. The van der Waals surface area contributed by atoms with Gasteiger partial charge in [0.25, 0.3) is 0 Å². The Hall–Kier alpha value is -0.130. The van der Waals surface area contributed by atoms with Gasteiger partial charge in [-0.15, -0.1) is 0 Å². The molecule has 0 spiro atoms. The summed E-state index contributed by atoms with van der Waals surface area (Å²) < 4.78 is 24.1. The van der Waals surface area contributed by atoms with E-state index in [1.807, 2.05) is 0 Å². The lowest BCUT2D eigenvalue weighted by atomic mass is 10.1. The van der Waals surface area contributed by atoms with Crippen LogP contribution in [0, 0.1) is 0 Å². The molecule has 0 aromatic rings. The second kappa shape index (κ2) is 3.32. The maximum atomic E-state index is 10.8. The number of sulfonamides is 1. The predicted octanol–water partition coefficient (Wildman–Crippen LogP) is -0.372. The summed E-state index contributed by atoms with van der Waals surface area (Å²) in [6.45, 7) is 5.89. The molecule has 1 heterocycles. The maximum Gasteiger partial charge on any atom is 0.209 e. The minimum absolute atomic E-state index is 0.127. The first-order valence-electron chi connectivity index (χ1n) is 4.10. The van der Waals surface area contributed by atoms with Crippen molar-refractivity contribution in [2.45, 2.75) is 25.9 Å². The van der Waals surface area contributed by atoms with Crippen LogP contribution >= 0.6 is 0 Å². The molecule has 1 aliphatic heterocycles. The summed E-state index contributed by atoms with van der Waals surface area (Å²) in [5.41, 5.74) is 0. The molecule has 4 nitrogen and oxygen atoms in total. The summed E-state index contributed by atoms with van der Waals surface area (Å²) >= 11 is 0. The Kier molecular flexibility index (Phi) is 2.75. The standard InChI is InChI=1S/C7H16N2O2S/c1-6(2)9-4-7(5-9)8-12(3,10)11/h6-8H,4-5H2,1-3H3. The predicted molar refractivity (Wildman–Crippen MR) is 48.5 cm³/mol. The monoisotopic (exact) mass is 192 g/mol. The second-order valence-electron chi connectivity index (χ2n) is 3.63. The first-order chi connectivity index (χ1) is 5.38. The quantitative estimate of drug-likeness (QED) is 0.663. The molecule has 1 aliphatic rings. The summed E-state index contributed by atoms with van der Waals surface area (Å²) in [6.07, 6.45) is 1.20. The van der Waals surface area contributed by atoms with E-state index in [9.17, 15) is 8.42 Å². The lowest BCUT2D eigenvalue weighted by molar-refractivity contribution is 0.104. The molecule has 1 rings (SSSR count). The number of hydrogen-bond acceptors (Lipinski definition) is 3. The molecule has 12 heavy (non-hydrogen) atoms. The molecule has 1 N–H and O–H groups in total. The Morgan fingerprint density at radius 3 is 2.25 bits per heavy atom. The Balaban J connectivity index is 2.27. The zero-order valence-corrected chi connectivity index (χ0v) is 8.56. The van der Waals surface area contributed by atoms with E-state index in [1.165, 1.54) is 6.26 Å². The summed E-state index contributed by atoms with van der Waals surface area (Å²) in [4.78, 5) is 2.23. The molecule has 0 bridgehead atoms. The molecule has 0 aromatic carbocycles. The van der Waals surface area contributed by atoms with E-state index in [4.69, 9.17) is 0 Å². The second-order valence-corrected chi connectivity index (χ2v) is 5.41. The third kappa shape index (κ3) is 2.73. The molecule has 5 heteroatoms. The third-order valence-electron chi connectivity index (χ3n) is 2.02. The summed E-state index contributed by atoms with van der Waals surface area (Å²) in [5, 5.41) is 0. The van der Waals surface area contributed by atoms with Gasteiger partial charge in [-0.25, -0.2) is 13.1 Å². The normalized spacial score (nSPS) is 21.3. The van der Waals surface area contributed by atoms with Crippen molar-refractivity contribution in [2.75, 3.05) is 19.3 Å². The van der Waals surface area contributed by atoms with Gasteiger partial charge < -0.3 is 0 Å². The van der Waals surface area contributed by atoms with Crippen molar-refractivity contribution in [1.82, 2.24) is 9.62 Å². The van der Waals surface area contributed by atoms with Crippen LogP contribution in [0.2, 0.25) is 0 Å². The molecule has 0 radical (unpaired) electrons. The van der Waals surface area contributed by atoms with Crippen molar-refractivity contribution >= 4 is 10.0 Å². The number of likely N-dealkylation sites (tertiary alicyclic amines) is 1. The average Bonchev–Trinajstić information content (AvgIpc) is 1.74. The smallest absolute Gasteiger partial charge is 0.209 e.